The van der Waals surface area contributed by atoms with E-state index < -0.39 is 0 Å². The van der Waals surface area contributed by atoms with Gasteiger partial charge in [-0.1, -0.05) is 0 Å². The first-order valence-corrected chi connectivity index (χ1v) is 6.63. The van der Waals surface area contributed by atoms with Crippen LogP contribution in [0.15, 0.2) is 36.4 Å². The van der Waals surface area contributed by atoms with Crippen LogP contribution in [0.2, 0.25) is 0 Å². The number of fused-ring (bicyclic) bond motifs is 1. The van der Waals surface area contributed by atoms with Crippen molar-refractivity contribution in [1.82, 2.24) is 0 Å². The maximum absolute atomic E-state index is 13.3. The minimum atomic E-state index is -0.321. The first-order chi connectivity index (χ1) is 10.2. The molecule has 0 aliphatic carbocycles. The van der Waals surface area contributed by atoms with Gasteiger partial charge in [-0.2, -0.15) is 0 Å². The molecule has 1 aliphatic rings. The second-order valence-electron chi connectivity index (χ2n) is 4.74. The number of anilines is 1. The van der Waals surface area contributed by atoms with Crippen molar-refractivity contribution in [2.24, 2.45) is 0 Å². The molecule has 0 spiro atoms. The summed E-state index contributed by atoms with van der Waals surface area (Å²) in [5, 5.41) is 3.24. The van der Waals surface area contributed by atoms with E-state index in [-0.39, 0.29) is 11.9 Å². The molecule has 1 heterocycles. The summed E-state index contributed by atoms with van der Waals surface area (Å²) in [6.07, 6.45) is -0.250. The predicted octanol–water partition coefficient (Wildman–Crippen LogP) is 3.39. The van der Waals surface area contributed by atoms with Crippen LogP contribution in [0.3, 0.4) is 0 Å². The molecule has 1 atom stereocenters. The number of rotatable bonds is 3. The Labute approximate surface area is 122 Å². The van der Waals surface area contributed by atoms with Gasteiger partial charge in [0.05, 0.1) is 26.5 Å². The van der Waals surface area contributed by atoms with E-state index in [1.165, 1.54) is 12.1 Å². The molecule has 1 aliphatic heterocycles. The summed E-state index contributed by atoms with van der Waals surface area (Å²) in [5.74, 6) is 1.58. The zero-order chi connectivity index (χ0) is 14.8. The SMILES string of the molecule is COc1ccc(C2CNc3ccc(F)cc3O2)c(OC)c1. The minimum absolute atomic E-state index is 0.250. The van der Waals surface area contributed by atoms with Crippen molar-refractivity contribution in [3.63, 3.8) is 0 Å². The maximum Gasteiger partial charge on any atom is 0.146 e. The Morgan fingerprint density at radius 1 is 1.14 bits per heavy atom. The van der Waals surface area contributed by atoms with Gasteiger partial charge in [0.25, 0.3) is 0 Å². The van der Waals surface area contributed by atoms with Crippen LogP contribution in [0.4, 0.5) is 10.1 Å². The second-order valence-corrected chi connectivity index (χ2v) is 4.74. The van der Waals surface area contributed by atoms with Crippen LogP contribution in [0.5, 0.6) is 17.2 Å². The van der Waals surface area contributed by atoms with E-state index in [9.17, 15) is 4.39 Å². The molecular weight excluding hydrogens is 273 g/mol. The van der Waals surface area contributed by atoms with Gasteiger partial charge in [0.2, 0.25) is 0 Å². The van der Waals surface area contributed by atoms with Crippen molar-refractivity contribution < 1.29 is 18.6 Å². The number of nitrogens with one attached hydrogen (secondary N) is 1. The van der Waals surface area contributed by atoms with Crippen LogP contribution in [0.1, 0.15) is 11.7 Å². The highest BCUT2D eigenvalue weighted by atomic mass is 19.1. The van der Waals surface area contributed by atoms with E-state index in [0.29, 0.717) is 23.8 Å². The smallest absolute Gasteiger partial charge is 0.146 e. The zero-order valence-corrected chi connectivity index (χ0v) is 11.9. The summed E-state index contributed by atoms with van der Waals surface area (Å²) in [5.41, 5.74) is 1.68. The molecule has 0 fully saturated rings. The summed E-state index contributed by atoms with van der Waals surface area (Å²) in [6, 6.07) is 10.0. The van der Waals surface area contributed by atoms with Crippen molar-refractivity contribution >= 4 is 5.69 Å². The highest BCUT2D eigenvalue weighted by molar-refractivity contribution is 5.59. The van der Waals surface area contributed by atoms with Gasteiger partial charge in [-0.3, -0.25) is 0 Å². The third kappa shape index (κ3) is 2.59. The molecule has 1 unspecified atom stereocenters. The number of methoxy groups -OCH3 is 2. The summed E-state index contributed by atoms with van der Waals surface area (Å²) in [4.78, 5) is 0. The van der Waals surface area contributed by atoms with Crippen molar-refractivity contribution in [3.05, 3.63) is 47.8 Å². The lowest BCUT2D eigenvalue weighted by molar-refractivity contribution is 0.204. The first-order valence-electron chi connectivity index (χ1n) is 6.63. The molecule has 2 aromatic carbocycles. The number of hydrogen-bond donors (Lipinski definition) is 1. The fourth-order valence-corrected chi connectivity index (χ4v) is 2.40. The summed E-state index contributed by atoms with van der Waals surface area (Å²) >= 11 is 0. The van der Waals surface area contributed by atoms with Crippen molar-refractivity contribution in [2.45, 2.75) is 6.10 Å². The molecule has 0 aromatic heterocycles. The molecule has 110 valence electrons. The summed E-state index contributed by atoms with van der Waals surface area (Å²) in [7, 11) is 3.20. The summed E-state index contributed by atoms with van der Waals surface area (Å²) < 4.78 is 29.8. The van der Waals surface area contributed by atoms with Crippen LogP contribution in [-0.2, 0) is 0 Å². The van der Waals surface area contributed by atoms with E-state index >= 15 is 0 Å². The lowest BCUT2D eigenvalue weighted by atomic mass is 10.1. The van der Waals surface area contributed by atoms with Gasteiger partial charge in [0.15, 0.2) is 0 Å². The highest BCUT2D eigenvalue weighted by Gasteiger charge is 2.24. The molecule has 5 heteroatoms. The lowest BCUT2D eigenvalue weighted by Crippen LogP contribution is -2.24. The Hall–Kier alpha value is -2.43. The zero-order valence-electron chi connectivity index (χ0n) is 11.9. The Morgan fingerprint density at radius 3 is 2.76 bits per heavy atom. The van der Waals surface area contributed by atoms with Crippen molar-refractivity contribution in [2.75, 3.05) is 26.1 Å². The predicted molar refractivity (Wildman–Crippen MR) is 77.8 cm³/mol. The molecule has 4 nitrogen and oxygen atoms in total. The molecule has 0 radical (unpaired) electrons. The normalized spacial score (nSPS) is 16.4. The van der Waals surface area contributed by atoms with E-state index in [1.807, 2.05) is 12.1 Å². The molecule has 0 saturated carbocycles. The Kier molecular flexibility index (Phi) is 3.56. The van der Waals surface area contributed by atoms with Crippen LogP contribution in [-0.4, -0.2) is 20.8 Å². The van der Waals surface area contributed by atoms with Crippen LogP contribution >= 0.6 is 0 Å². The first kappa shape index (κ1) is 13.5. The number of hydrogen-bond acceptors (Lipinski definition) is 4. The molecular formula is C16H16FNO3. The molecule has 0 saturated heterocycles. The fourth-order valence-electron chi connectivity index (χ4n) is 2.40. The minimum Gasteiger partial charge on any atom is -0.497 e. The monoisotopic (exact) mass is 289 g/mol. The van der Waals surface area contributed by atoms with E-state index in [0.717, 1.165) is 11.3 Å². The van der Waals surface area contributed by atoms with Gasteiger partial charge in [-0.25, -0.2) is 4.39 Å². The quantitative estimate of drug-likeness (QED) is 0.940. The van der Waals surface area contributed by atoms with Crippen LogP contribution in [0, 0.1) is 5.82 Å². The molecule has 0 amide bonds. The van der Waals surface area contributed by atoms with Crippen molar-refractivity contribution in [3.8, 4) is 17.2 Å². The van der Waals surface area contributed by atoms with Gasteiger partial charge < -0.3 is 19.5 Å². The van der Waals surface area contributed by atoms with Gasteiger partial charge in [-0.15, -0.1) is 0 Å². The fraction of sp³-hybridized carbons (Fsp3) is 0.250. The van der Waals surface area contributed by atoms with E-state index in [1.54, 1.807) is 26.4 Å². The van der Waals surface area contributed by atoms with E-state index in [2.05, 4.69) is 5.32 Å². The van der Waals surface area contributed by atoms with Crippen molar-refractivity contribution in [1.29, 1.82) is 0 Å². The maximum atomic E-state index is 13.3. The number of halogens is 1. The van der Waals surface area contributed by atoms with Gasteiger partial charge in [0, 0.05) is 17.7 Å². The molecule has 0 bridgehead atoms. The Balaban J connectivity index is 1.92. The average Bonchev–Trinajstić information content (AvgIpc) is 2.53. The second kappa shape index (κ2) is 5.52. The van der Waals surface area contributed by atoms with Gasteiger partial charge >= 0.3 is 0 Å². The Bertz CT molecular complexity index is 660. The van der Waals surface area contributed by atoms with E-state index in [4.69, 9.17) is 14.2 Å². The molecule has 21 heavy (non-hydrogen) atoms. The number of benzene rings is 2. The summed E-state index contributed by atoms with van der Waals surface area (Å²) in [6.45, 7) is 0.585. The molecule has 3 rings (SSSR count). The largest absolute Gasteiger partial charge is 0.497 e. The van der Waals surface area contributed by atoms with Gasteiger partial charge in [0.1, 0.15) is 29.2 Å². The van der Waals surface area contributed by atoms with Gasteiger partial charge in [-0.05, 0) is 24.3 Å². The standard InChI is InChI=1S/C16H16FNO3/c1-19-11-4-5-12(14(8-11)20-2)16-9-18-13-6-3-10(17)7-15(13)21-16/h3-8,16,18H,9H2,1-2H3. The molecule has 1 N–H and O–H groups in total. The van der Waals surface area contributed by atoms with Crippen LogP contribution in [0.25, 0.3) is 0 Å². The third-order valence-corrected chi connectivity index (χ3v) is 3.48. The Morgan fingerprint density at radius 2 is 2.00 bits per heavy atom. The number of ether oxygens (including phenoxy) is 3. The third-order valence-electron chi connectivity index (χ3n) is 3.48. The highest BCUT2D eigenvalue weighted by Crippen LogP contribution is 2.38. The topological polar surface area (TPSA) is 39.7 Å². The average molecular weight is 289 g/mol. The van der Waals surface area contributed by atoms with Crippen LogP contribution < -0.4 is 19.5 Å². The molecule has 2 aromatic rings. The lowest BCUT2D eigenvalue weighted by Gasteiger charge is -2.28.